The smallest absolute Gasteiger partial charge is 0.166 e. The fourth-order valence-electron chi connectivity index (χ4n) is 5.42. The quantitative estimate of drug-likeness (QED) is 0.657. The predicted octanol–water partition coefficient (Wildman–Crippen LogP) is 4.64. The number of hydrogen-bond donors (Lipinski definition) is 1. The second-order valence-electron chi connectivity index (χ2n) is 8.45. The summed E-state index contributed by atoms with van der Waals surface area (Å²) in [4.78, 5) is 2.61. The number of hydrogen-bond acceptors (Lipinski definition) is 5. The molecule has 3 aromatic rings. The van der Waals surface area contributed by atoms with Crippen LogP contribution in [0.1, 0.15) is 30.9 Å². The maximum atomic E-state index is 11.1. The van der Waals surface area contributed by atoms with Crippen LogP contribution in [0.4, 0.5) is 0 Å². The number of ether oxygens (including phenoxy) is 3. The van der Waals surface area contributed by atoms with Gasteiger partial charge < -0.3 is 19.3 Å². The van der Waals surface area contributed by atoms with E-state index < -0.39 is 0 Å². The summed E-state index contributed by atoms with van der Waals surface area (Å²) < 4.78 is 16.6. The summed E-state index contributed by atoms with van der Waals surface area (Å²) in [6.07, 6.45) is 3.42. The van der Waals surface area contributed by atoms with Crippen LogP contribution in [0, 0.1) is 0 Å². The lowest BCUT2D eigenvalue weighted by atomic mass is 9.79. The fourth-order valence-corrected chi connectivity index (χ4v) is 5.42. The standard InChI is InChI=1S/C24H27NO4/c1-24-8-5-9-25(24)13-18-15-10-20(28-3)21(29-4)11-16(15)22-14(17(18)12-24)6-7-19(27-2)23(22)26/h6-7,10-11,26H,5,8-9,12-13H2,1-4H3/t24-/m0/s1. The van der Waals surface area contributed by atoms with Gasteiger partial charge in [-0.3, -0.25) is 4.90 Å². The van der Waals surface area contributed by atoms with E-state index in [2.05, 4.69) is 24.0 Å². The molecule has 2 aliphatic rings. The van der Waals surface area contributed by atoms with E-state index in [9.17, 15) is 5.11 Å². The zero-order valence-electron chi connectivity index (χ0n) is 17.5. The number of nitrogens with zero attached hydrogens (tertiary/aromatic N) is 1. The molecule has 152 valence electrons. The molecular formula is C24H27NO4. The molecule has 0 radical (unpaired) electrons. The molecule has 0 aliphatic carbocycles. The van der Waals surface area contributed by atoms with Crippen molar-refractivity contribution in [1.29, 1.82) is 0 Å². The molecule has 5 nitrogen and oxygen atoms in total. The van der Waals surface area contributed by atoms with Gasteiger partial charge in [0.15, 0.2) is 23.0 Å². The highest BCUT2D eigenvalue weighted by Gasteiger charge is 2.41. The van der Waals surface area contributed by atoms with E-state index in [0.29, 0.717) is 17.2 Å². The van der Waals surface area contributed by atoms with Gasteiger partial charge in [-0.05, 0) is 78.2 Å². The molecule has 1 atom stereocenters. The van der Waals surface area contributed by atoms with E-state index in [1.54, 1.807) is 21.3 Å². The van der Waals surface area contributed by atoms with Gasteiger partial charge in [-0.2, -0.15) is 0 Å². The van der Waals surface area contributed by atoms with Gasteiger partial charge in [0.05, 0.1) is 21.3 Å². The lowest BCUT2D eigenvalue weighted by Gasteiger charge is -2.41. The van der Waals surface area contributed by atoms with Crippen molar-refractivity contribution < 1.29 is 19.3 Å². The SMILES string of the molecule is COc1cc2c3c(c4ccc(OC)c(O)c4c2cc1OC)C[C@]1(C)CCCN1C3. The predicted molar refractivity (Wildman–Crippen MR) is 115 cm³/mol. The van der Waals surface area contributed by atoms with E-state index in [0.717, 1.165) is 41.1 Å². The summed E-state index contributed by atoms with van der Waals surface area (Å²) in [6.45, 7) is 4.42. The first-order valence-electron chi connectivity index (χ1n) is 10.1. The summed E-state index contributed by atoms with van der Waals surface area (Å²) in [5, 5.41) is 15.1. The first-order chi connectivity index (χ1) is 14.0. The van der Waals surface area contributed by atoms with Crippen LogP contribution in [-0.4, -0.2) is 43.4 Å². The highest BCUT2D eigenvalue weighted by molar-refractivity contribution is 6.15. The van der Waals surface area contributed by atoms with Crippen LogP contribution in [0.15, 0.2) is 24.3 Å². The summed E-state index contributed by atoms with van der Waals surface area (Å²) in [5.41, 5.74) is 2.84. The zero-order chi connectivity index (χ0) is 20.3. The number of rotatable bonds is 3. The Hall–Kier alpha value is -2.66. The number of aromatic hydroxyl groups is 1. The van der Waals surface area contributed by atoms with Gasteiger partial charge in [0, 0.05) is 17.5 Å². The maximum absolute atomic E-state index is 11.1. The van der Waals surface area contributed by atoms with E-state index in [1.807, 2.05) is 12.1 Å². The van der Waals surface area contributed by atoms with Crippen molar-refractivity contribution in [2.24, 2.45) is 0 Å². The Kier molecular flexibility index (Phi) is 4.07. The molecule has 0 unspecified atom stereocenters. The fraction of sp³-hybridized carbons (Fsp3) is 0.417. The third kappa shape index (κ3) is 2.50. The van der Waals surface area contributed by atoms with Crippen LogP contribution in [-0.2, 0) is 13.0 Å². The molecule has 0 bridgehead atoms. The molecule has 5 heteroatoms. The molecule has 2 heterocycles. The minimum Gasteiger partial charge on any atom is -0.504 e. The van der Waals surface area contributed by atoms with Crippen molar-refractivity contribution in [3.05, 3.63) is 35.4 Å². The van der Waals surface area contributed by atoms with Gasteiger partial charge in [-0.25, -0.2) is 0 Å². The maximum Gasteiger partial charge on any atom is 0.166 e. The largest absolute Gasteiger partial charge is 0.504 e. The monoisotopic (exact) mass is 393 g/mol. The van der Waals surface area contributed by atoms with E-state index in [1.165, 1.54) is 24.0 Å². The van der Waals surface area contributed by atoms with Crippen LogP contribution in [0.5, 0.6) is 23.0 Å². The Bertz CT molecular complexity index is 1140. The Labute approximate surface area is 170 Å². The molecule has 5 rings (SSSR count). The highest BCUT2D eigenvalue weighted by Crippen LogP contribution is 2.49. The van der Waals surface area contributed by atoms with Crippen molar-refractivity contribution in [1.82, 2.24) is 4.90 Å². The van der Waals surface area contributed by atoms with Crippen LogP contribution >= 0.6 is 0 Å². The molecular weight excluding hydrogens is 366 g/mol. The van der Waals surface area contributed by atoms with Crippen LogP contribution in [0.3, 0.4) is 0 Å². The first-order valence-corrected chi connectivity index (χ1v) is 10.1. The van der Waals surface area contributed by atoms with Gasteiger partial charge in [0.2, 0.25) is 0 Å². The third-order valence-corrected chi connectivity index (χ3v) is 6.98. The summed E-state index contributed by atoms with van der Waals surface area (Å²) in [7, 11) is 4.89. The number of fused-ring (bicyclic) bond motifs is 7. The summed E-state index contributed by atoms with van der Waals surface area (Å²) in [6, 6.07) is 8.00. The Morgan fingerprint density at radius 2 is 1.59 bits per heavy atom. The second-order valence-corrected chi connectivity index (χ2v) is 8.45. The zero-order valence-corrected chi connectivity index (χ0v) is 17.5. The number of benzene rings is 3. The molecule has 0 amide bonds. The average Bonchev–Trinajstić information content (AvgIpc) is 3.11. The van der Waals surface area contributed by atoms with Gasteiger partial charge in [0.25, 0.3) is 0 Å². The van der Waals surface area contributed by atoms with Gasteiger partial charge in [-0.15, -0.1) is 0 Å². The lowest BCUT2D eigenvalue weighted by molar-refractivity contribution is 0.134. The third-order valence-electron chi connectivity index (χ3n) is 6.98. The molecule has 1 N–H and O–H groups in total. The van der Waals surface area contributed by atoms with Crippen LogP contribution in [0.2, 0.25) is 0 Å². The van der Waals surface area contributed by atoms with Crippen molar-refractivity contribution in [3.8, 4) is 23.0 Å². The van der Waals surface area contributed by atoms with E-state index in [-0.39, 0.29) is 11.3 Å². The summed E-state index contributed by atoms with van der Waals surface area (Å²) >= 11 is 0. The van der Waals surface area contributed by atoms with Crippen LogP contribution < -0.4 is 14.2 Å². The van der Waals surface area contributed by atoms with E-state index >= 15 is 0 Å². The molecule has 1 saturated heterocycles. The van der Waals surface area contributed by atoms with E-state index in [4.69, 9.17) is 14.2 Å². The molecule has 0 aromatic heterocycles. The topological polar surface area (TPSA) is 51.2 Å². The molecule has 3 aromatic carbocycles. The highest BCUT2D eigenvalue weighted by atomic mass is 16.5. The number of phenols is 1. The van der Waals surface area contributed by atoms with Crippen molar-refractivity contribution in [2.75, 3.05) is 27.9 Å². The van der Waals surface area contributed by atoms with Gasteiger partial charge in [-0.1, -0.05) is 6.07 Å². The molecule has 1 fully saturated rings. The normalized spacial score (nSPS) is 21.2. The lowest BCUT2D eigenvalue weighted by Crippen LogP contribution is -2.46. The van der Waals surface area contributed by atoms with Gasteiger partial charge in [0.1, 0.15) is 0 Å². The van der Waals surface area contributed by atoms with Crippen LogP contribution in [0.25, 0.3) is 21.5 Å². The second kappa shape index (κ2) is 6.42. The average molecular weight is 393 g/mol. The van der Waals surface area contributed by atoms with Gasteiger partial charge >= 0.3 is 0 Å². The number of phenolic OH excluding ortho intramolecular Hbond substituents is 1. The first kappa shape index (κ1) is 18.4. The molecule has 2 aliphatic heterocycles. The Morgan fingerprint density at radius 3 is 2.28 bits per heavy atom. The minimum atomic E-state index is 0.180. The minimum absolute atomic E-state index is 0.180. The van der Waals surface area contributed by atoms with Crippen molar-refractivity contribution in [2.45, 2.75) is 38.3 Å². The molecule has 0 saturated carbocycles. The van der Waals surface area contributed by atoms with Crippen molar-refractivity contribution in [3.63, 3.8) is 0 Å². The Balaban J connectivity index is 1.93. The van der Waals surface area contributed by atoms with Crippen molar-refractivity contribution >= 4 is 21.5 Å². The number of methoxy groups -OCH3 is 3. The Morgan fingerprint density at radius 1 is 0.897 bits per heavy atom. The summed E-state index contributed by atoms with van der Waals surface area (Å²) in [5.74, 6) is 2.03. The molecule has 29 heavy (non-hydrogen) atoms. The molecule has 0 spiro atoms.